The molecule has 1 amide bonds. The van der Waals surface area contributed by atoms with E-state index in [0.29, 0.717) is 13.2 Å². The second-order valence-electron chi connectivity index (χ2n) is 3.97. The number of ether oxygens (including phenoxy) is 2. The van der Waals surface area contributed by atoms with Gasteiger partial charge < -0.3 is 14.8 Å². The number of aromatic nitrogens is 1. The largest absolute Gasteiger partial charge is 0.451 e. The van der Waals surface area contributed by atoms with Gasteiger partial charge in [-0.3, -0.25) is 4.79 Å². The van der Waals surface area contributed by atoms with E-state index >= 15 is 0 Å². The molecule has 2 aromatic rings. The molecule has 1 N–H and O–H groups in total. The van der Waals surface area contributed by atoms with E-state index in [2.05, 4.69) is 10.3 Å². The van der Waals surface area contributed by atoms with Gasteiger partial charge in [0.15, 0.2) is 12.3 Å². The Labute approximate surface area is 129 Å². The van der Waals surface area contributed by atoms with Crippen molar-refractivity contribution < 1.29 is 19.1 Å². The minimum absolute atomic E-state index is 0.214. The Morgan fingerprint density at radius 3 is 2.95 bits per heavy atom. The van der Waals surface area contributed by atoms with Crippen LogP contribution in [0.2, 0.25) is 0 Å². The molecule has 0 saturated carbocycles. The highest BCUT2D eigenvalue weighted by molar-refractivity contribution is 7.14. The third kappa shape index (κ3) is 4.62. The van der Waals surface area contributed by atoms with Crippen molar-refractivity contribution in [3.05, 3.63) is 27.9 Å². The van der Waals surface area contributed by atoms with E-state index in [1.165, 1.54) is 11.3 Å². The molecule has 0 saturated heterocycles. The Bertz CT molecular complexity index is 595. The molecule has 0 unspecified atom stereocenters. The molecular formula is C13H14N2O4S2. The monoisotopic (exact) mass is 326 g/mol. The summed E-state index contributed by atoms with van der Waals surface area (Å²) in [6, 6.07) is 1.93. The summed E-state index contributed by atoms with van der Waals surface area (Å²) in [5.74, 6) is -0.969. The summed E-state index contributed by atoms with van der Waals surface area (Å²) < 4.78 is 9.70. The topological polar surface area (TPSA) is 77.5 Å². The van der Waals surface area contributed by atoms with Gasteiger partial charge in [-0.1, -0.05) is 0 Å². The summed E-state index contributed by atoms with van der Waals surface area (Å²) in [4.78, 5) is 27.4. The normalized spacial score (nSPS) is 10.3. The molecule has 0 atom stereocenters. The van der Waals surface area contributed by atoms with Crippen LogP contribution in [0.4, 0.5) is 0 Å². The maximum Gasteiger partial charge on any atom is 0.358 e. The molecule has 2 heterocycles. The minimum Gasteiger partial charge on any atom is -0.451 e. The van der Waals surface area contributed by atoms with Crippen LogP contribution in [0.1, 0.15) is 10.5 Å². The molecule has 8 heteroatoms. The summed E-state index contributed by atoms with van der Waals surface area (Å²) in [7, 11) is 1.54. The van der Waals surface area contributed by atoms with Gasteiger partial charge in [0, 0.05) is 30.0 Å². The second kappa shape index (κ2) is 7.87. The molecule has 2 aromatic heterocycles. The number of hydrogen-bond acceptors (Lipinski definition) is 7. The average Bonchev–Trinajstić information content (AvgIpc) is 3.15. The van der Waals surface area contributed by atoms with Crippen LogP contribution in [0.5, 0.6) is 0 Å². The molecule has 0 aliphatic rings. The fourth-order valence-corrected chi connectivity index (χ4v) is 2.94. The third-order valence-electron chi connectivity index (χ3n) is 2.44. The van der Waals surface area contributed by atoms with E-state index in [4.69, 9.17) is 9.47 Å². The highest BCUT2D eigenvalue weighted by Gasteiger charge is 2.14. The van der Waals surface area contributed by atoms with Gasteiger partial charge in [0.1, 0.15) is 5.01 Å². The van der Waals surface area contributed by atoms with Gasteiger partial charge in [-0.25, -0.2) is 9.78 Å². The van der Waals surface area contributed by atoms with Crippen LogP contribution in [0.25, 0.3) is 10.6 Å². The number of hydrogen-bond donors (Lipinski definition) is 1. The number of methoxy groups -OCH3 is 1. The molecule has 112 valence electrons. The number of carbonyl (C=O) groups excluding carboxylic acids is 2. The Kier molecular flexibility index (Phi) is 5.85. The van der Waals surface area contributed by atoms with Gasteiger partial charge in [-0.2, -0.15) is 11.3 Å². The Morgan fingerprint density at radius 2 is 2.24 bits per heavy atom. The fraction of sp³-hybridized carbons (Fsp3) is 0.308. The molecule has 0 radical (unpaired) electrons. The van der Waals surface area contributed by atoms with Crippen molar-refractivity contribution in [3.63, 3.8) is 0 Å². The number of thiazole rings is 1. The highest BCUT2D eigenvalue weighted by Crippen LogP contribution is 2.25. The van der Waals surface area contributed by atoms with Gasteiger partial charge in [0.2, 0.25) is 0 Å². The summed E-state index contributed by atoms with van der Waals surface area (Å²) in [6.07, 6.45) is 0. The van der Waals surface area contributed by atoms with Crippen LogP contribution in [0.3, 0.4) is 0 Å². The first-order valence-electron chi connectivity index (χ1n) is 6.11. The van der Waals surface area contributed by atoms with Gasteiger partial charge >= 0.3 is 5.97 Å². The molecule has 6 nitrogen and oxygen atoms in total. The van der Waals surface area contributed by atoms with E-state index in [-0.39, 0.29) is 18.2 Å². The average molecular weight is 326 g/mol. The minimum atomic E-state index is -0.602. The number of amides is 1. The Balaban J connectivity index is 1.82. The van der Waals surface area contributed by atoms with Gasteiger partial charge in [0.25, 0.3) is 5.91 Å². The zero-order valence-electron chi connectivity index (χ0n) is 11.3. The second-order valence-corrected chi connectivity index (χ2v) is 5.61. The van der Waals surface area contributed by atoms with E-state index in [1.807, 2.05) is 16.8 Å². The predicted molar refractivity (Wildman–Crippen MR) is 80.6 cm³/mol. The van der Waals surface area contributed by atoms with E-state index in [1.54, 1.807) is 23.8 Å². The number of nitrogens with zero attached hydrogens (tertiary/aromatic N) is 1. The highest BCUT2D eigenvalue weighted by atomic mass is 32.1. The van der Waals surface area contributed by atoms with E-state index in [0.717, 1.165) is 10.6 Å². The molecule has 0 fully saturated rings. The predicted octanol–water partition coefficient (Wildman–Crippen LogP) is 1.79. The van der Waals surface area contributed by atoms with Crippen molar-refractivity contribution in [1.29, 1.82) is 0 Å². The summed E-state index contributed by atoms with van der Waals surface area (Å²) in [5, 5.41) is 8.84. The van der Waals surface area contributed by atoms with Gasteiger partial charge in [0.05, 0.1) is 6.61 Å². The zero-order valence-corrected chi connectivity index (χ0v) is 13.0. The van der Waals surface area contributed by atoms with Crippen molar-refractivity contribution in [2.45, 2.75) is 0 Å². The molecule has 0 aromatic carbocycles. The quantitative estimate of drug-likeness (QED) is 0.620. The Morgan fingerprint density at radius 1 is 1.38 bits per heavy atom. The van der Waals surface area contributed by atoms with Crippen LogP contribution in [0.15, 0.2) is 22.2 Å². The van der Waals surface area contributed by atoms with Crippen LogP contribution in [-0.4, -0.2) is 43.7 Å². The lowest BCUT2D eigenvalue weighted by molar-refractivity contribution is -0.124. The first-order valence-corrected chi connectivity index (χ1v) is 7.94. The fourth-order valence-electron chi connectivity index (χ4n) is 1.43. The molecule has 0 bridgehead atoms. The van der Waals surface area contributed by atoms with Gasteiger partial charge in [-0.15, -0.1) is 11.3 Å². The lowest BCUT2D eigenvalue weighted by atomic mass is 10.3. The molecular weight excluding hydrogens is 312 g/mol. The summed E-state index contributed by atoms with van der Waals surface area (Å²) in [5.41, 5.74) is 1.19. The van der Waals surface area contributed by atoms with Crippen molar-refractivity contribution in [3.8, 4) is 10.6 Å². The summed E-state index contributed by atoms with van der Waals surface area (Å²) in [6.45, 7) is 0.468. The first kappa shape index (κ1) is 15.6. The SMILES string of the molecule is COCCNC(=O)COC(=O)c1csc(-c2ccsc2)n1. The number of carbonyl (C=O) groups is 2. The van der Waals surface area contributed by atoms with Crippen molar-refractivity contribution in [2.24, 2.45) is 0 Å². The van der Waals surface area contributed by atoms with E-state index in [9.17, 15) is 9.59 Å². The molecule has 0 aliphatic carbocycles. The number of nitrogens with one attached hydrogen (secondary N) is 1. The molecule has 2 rings (SSSR count). The lowest BCUT2D eigenvalue weighted by Gasteiger charge is -2.04. The lowest BCUT2D eigenvalue weighted by Crippen LogP contribution is -2.31. The summed E-state index contributed by atoms with van der Waals surface area (Å²) >= 11 is 2.93. The maximum atomic E-state index is 11.8. The number of rotatable bonds is 7. The first-order chi connectivity index (χ1) is 10.2. The molecule has 0 spiro atoms. The van der Waals surface area contributed by atoms with Crippen LogP contribution in [-0.2, 0) is 14.3 Å². The third-order valence-corrected chi connectivity index (χ3v) is 4.02. The van der Waals surface area contributed by atoms with Crippen molar-refractivity contribution in [1.82, 2.24) is 10.3 Å². The van der Waals surface area contributed by atoms with E-state index < -0.39 is 5.97 Å². The van der Waals surface area contributed by atoms with Crippen molar-refractivity contribution >= 4 is 34.6 Å². The van der Waals surface area contributed by atoms with Crippen LogP contribution >= 0.6 is 22.7 Å². The van der Waals surface area contributed by atoms with Crippen LogP contribution < -0.4 is 5.32 Å². The maximum absolute atomic E-state index is 11.8. The zero-order chi connectivity index (χ0) is 15.1. The van der Waals surface area contributed by atoms with Crippen LogP contribution in [0, 0.1) is 0 Å². The number of thiophene rings is 1. The Hall–Kier alpha value is -1.77. The standard InChI is InChI=1S/C13H14N2O4S2/c1-18-4-3-14-11(16)6-19-13(17)10-8-21-12(15-10)9-2-5-20-7-9/h2,5,7-8H,3-4,6H2,1H3,(H,14,16). The smallest absolute Gasteiger partial charge is 0.358 e. The molecule has 0 aliphatic heterocycles. The number of esters is 1. The van der Waals surface area contributed by atoms with Gasteiger partial charge in [-0.05, 0) is 11.4 Å². The van der Waals surface area contributed by atoms with Crippen molar-refractivity contribution in [2.75, 3.05) is 26.9 Å². The molecule has 21 heavy (non-hydrogen) atoms.